The summed E-state index contributed by atoms with van der Waals surface area (Å²) in [6, 6.07) is 2.26. The molecule has 0 saturated carbocycles. The molecule has 1 N–H and O–H groups in total. The standard InChI is InChI=1S/C15H15N7/c1-10(2)21-8-12(7-19-21)15-14-3-4-18-22(14)9-13(20-15)11-5-16-17-6-11/h3-10H,1-2H3,(H,16,17). The molecule has 4 rings (SSSR count). The zero-order chi connectivity index (χ0) is 15.1. The number of rotatable bonds is 3. The third-order valence-electron chi connectivity index (χ3n) is 3.59. The van der Waals surface area contributed by atoms with Gasteiger partial charge in [-0.15, -0.1) is 0 Å². The molecule has 0 amide bonds. The highest BCUT2D eigenvalue weighted by molar-refractivity contribution is 5.78. The van der Waals surface area contributed by atoms with E-state index in [-0.39, 0.29) is 0 Å². The van der Waals surface area contributed by atoms with E-state index in [2.05, 4.69) is 34.2 Å². The van der Waals surface area contributed by atoms with Crippen LogP contribution in [-0.2, 0) is 0 Å². The van der Waals surface area contributed by atoms with Crippen LogP contribution in [0.3, 0.4) is 0 Å². The second-order valence-electron chi connectivity index (χ2n) is 5.43. The number of aromatic amines is 1. The molecule has 0 atom stereocenters. The summed E-state index contributed by atoms with van der Waals surface area (Å²) in [5.74, 6) is 0. The molecule has 0 aromatic carbocycles. The predicted molar refractivity (Wildman–Crippen MR) is 82.2 cm³/mol. The molecule has 0 unspecified atom stereocenters. The Morgan fingerprint density at radius 1 is 1.09 bits per heavy atom. The molecule has 4 aromatic heterocycles. The smallest absolute Gasteiger partial charge is 0.0999 e. The van der Waals surface area contributed by atoms with Crippen molar-refractivity contribution in [2.45, 2.75) is 19.9 Å². The Labute approximate surface area is 126 Å². The van der Waals surface area contributed by atoms with Crippen LogP contribution in [0.2, 0.25) is 0 Å². The molecule has 7 heteroatoms. The predicted octanol–water partition coefficient (Wildman–Crippen LogP) is 2.56. The van der Waals surface area contributed by atoms with E-state index in [1.807, 2.05) is 40.1 Å². The van der Waals surface area contributed by atoms with Gasteiger partial charge in [0.05, 0.1) is 41.7 Å². The van der Waals surface area contributed by atoms with Crippen molar-refractivity contribution in [3.05, 3.63) is 43.2 Å². The van der Waals surface area contributed by atoms with Crippen LogP contribution in [0.1, 0.15) is 19.9 Å². The van der Waals surface area contributed by atoms with Crippen molar-refractivity contribution in [3.8, 4) is 22.5 Å². The van der Waals surface area contributed by atoms with Gasteiger partial charge in [-0.1, -0.05) is 0 Å². The second-order valence-corrected chi connectivity index (χ2v) is 5.43. The van der Waals surface area contributed by atoms with Gasteiger partial charge in [0.1, 0.15) is 0 Å². The van der Waals surface area contributed by atoms with Gasteiger partial charge in [0, 0.05) is 29.6 Å². The molecular formula is C15H15N7. The van der Waals surface area contributed by atoms with Crippen LogP contribution in [0.25, 0.3) is 28.0 Å². The van der Waals surface area contributed by atoms with Crippen molar-refractivity contribution in [2.75, 3.05) is 0 Å². The molecule has 22 heavy (non-hydrogen) atoms. The Bertz CT molecular complexity index is 915. The van der Waals surface area contributed by atoms with Crippen molar-refractivity contribution in [3.63, 3.8) is 0 Å². The van der Waals surface area contributed by atoms with E-state index in [1.165, 1.54) is 0 Å². The lowest BCUT2D eigenvalue weighted by molar-refractivity contribution is 0.532. The Kier molecular flexibility index (Phi) is 2.78. The zero-order valence-corrected chi connectivity index (χ0v) is 12.3. The first-order valence-electron chi connectivity index (χ1n) is 7.10. The van der Waals surface area contributed by atoms with Crippen LogP contribution in [-0.4, -0.2) is 34.6 Å². The lowest BCUT2D eigenvalue weighted by Gasteiger charge is -2.05. The normalized spacial score (nSPS) is 11.6. The average molecular weight is 293 g/mol. The number of nitrogens with zero attached hydrogens (tertiary/aromatic N) is 6. The van der Waals surface area contributed by atoms with E-state index < -0.39 is 0 Å². The van der Waals surface area contributed by atoms with Gasteiger partial charge in [-0.3, -0.25) is 9.78 Å². The fraction of sp³-hybridized carbons (Fsp3) is 0.200. The highest BCUT2D eigenvalue weighted by Crippen LogP contribution is 2.26. The average Bonchev–Trinajstić information content (AvgIpc) is 3.25. The van der Waals surface area contributed by atoms with Crippen LogP contribution in [0, 0.1) is 0 Å². The summed E-state index contributed by atoms with van der Waals surface area (Å²) in [7, 11) is 0. The van der Waals surface area contributed by atoms with Crippen molar-refractivity contribution in [1.29, 1.82) is 0 Å². The maximum atomic E-state index is 4.78. The first-order chi connectivity index (χ1) is 10.7. The molecule has 0 aliphatic carbocycles. The highest BCUT2D eigenvalue weighted by Gasteiger charge is 2.13. The monoisotopic (exact) mass is 293 g/mol. The van der Waals surface area contributed by atoms with Crippen LogP contribution in [0.5, 0.6) is 0 Å². The minimum atomic E-state index is 0.312. The van der Waals surface area contributed by atoms with Gasteiger partial charge in [0.15, 0.2) is 0 Å². The summed E-state index contributed by atoms with van der Waals surface area (Å²) in [5.41, 5.74) is 4.54. The molecule has 0 radical (unpaired) electrons. The Balaban J connectivity index is 1.93. The van der Waals surface area contributed by atoms with E-state index >= 15 is 0 Å². The molecule has 0 saturated heterocycles. The summed E-state index contributed by atoms with van der Waals surface area (Å²) in [6.07, 6.45) is 11.1. The topological polar surface area (TPSA) is 76.7 Å². The van der Waals surface area contributed by atoms with E-state index in [4.69, 9.17) is 4.98 Å². The van der Waals surface area contributed by atoms with E-state index in [9.17, 15) is 0 Å². The van der Waals surface area contributed by atoms with Crippen molar-refractivity contribution in [2.24, 2.45) is 0 Å². The van der Waals surface area contributed by atoms with E-state index in [0.717, 1.165) is 28.0 Å². The van der Waals surface area contributed by atoms with Crippen LogP contribution < -0.4 is 0 Å². The number of hydrogen-bond acceptors (Lipinski definition) is 4. The third-order valence-corrected chi connectivity index (χ3v) is 3.59. The summed E-state index contributed by atoms with van der Waals surface area (Å²) in [5, 5.41) is 15.5. The maximum absolute atomic E-state index is 4.78. The van der Waals surface area contributed by atoms with E-state index in [0.29, 0.717) is 6.04 Å². The second kappa shape index (κ2) is 4.80. The third kappa shape index (κ3) is 1.98. The molecular weight excluding hydrogens is 278 g/mol. The number of H-pyrrole nitrogens is 1. The van der Waals surface area contributed by atoms with Gasteiger partial charge in [-0.25, -0.2) is 9.50 Å². The zero-order valence-electron chi connectivity index (χ0n) is 12.3. The van der Waals surface area contributed by atoms with Gasteiger partial charge >= 0.3 is 0 Å². The molecule has 0 bridgehead atoms. The number of fused-ring (bicyclic) bond motifs is 1. The summed E-state index contributed by atoms with van der Waals surface area (Å²) in [6.45, 7) is 4.20. The van der Waals surface area contributed by atoms with Crippen molar-refractivity contribution in [1.82, 2.24) is 34.6 Å². The number of nitrogens with one attached hydrogen (secondary N) is 1. The highest BCUT2D eigenvalue weighted by atomic mass is 15.3. The molecule has 7 nitrogen and oxygen atoms in total. The van der Waals surface area contributed by atoms with Crippen molar-refractivity contribution < 1.29 is 0 Å². The van der Waals surface area contributed by atoms with E-state index in [1.54, 1.807) is 12.4 Å². The fourth-order valence-electron chi connectivity index (χ4n) is 2.41. The SMILES string of the molecule is CC(C)n1cc(-c2nc(-c3cn[nH]c3)cn3nccc23)cn1. The summed E-state index contributed by atoms with van der Waals surface area (Å²) >= 11 is 0. The lowest BCUT2D eigenvalue weighted by atomic mass is 10.2. The first-order valence-corrected chi connectivity index (χ1v) is 7.10. The van der Waals surface area contributed by atoms with Gasteiger partial charge in [-0.05, 0) is 19.9 Å². The molecule has 0 fully saturated rings. The number of hydrogen-bond donors (Lipinski definition) is 1. The summed E-state index contributed by atoms with van der Waals surface area (Å²) < 4.78 is 3.76. The van der Waals surface area contributed by atoms with Crippen molar-refractivity contribution >= 4 is 5.52 Å². The minimum absolute atomic E-state index is 0.312. The van der Waals surface area contributed by atoms with Gasteiger partial charge in [0.25, 0.3) is 0 Å². The van der Waals surface area contributed by atoms with Crippen LogP contribution >= 0.6 is 0 Å². The Hall–Kier alpha value is -2.96. The quantitative estimate of drug-likeness (QED) is 0.630. The molecule has 0 aliphatic rings. The molecule has 110 valence electrons. The van der Waals surface area contributed by atoms with Gasteiger partial charge in [-0.2, -0.15) is 15.3 Å². The van der Waals surface area contributed by atoms with Crippen LogP contribution in [0.15, 0.2) is 43.2 Å². The minimum Gasteiger partial charge on any atom is -0.285 e. The number of aromatic nitrogens is 7. The molecule has 4 heterocycles. The Morgan fingerprint density at radius 2 is 2.00 bits per heavy atom. The molecule has 0 aliphatic heterocycles. The maximum Gasteiger partial charge on any atom is 0.0999 e. The fourth-order valence-corrected chi connectivity index (χ4v) is 2.41. The Morgan fingerprint density at radius 3 is 2.73 bits per heavy atom. The molecule has 4 aromatic rings. The van der Waals surface area contributed by atoms with Crippen LogP contribution in [0.4, 0.5) is 0 Å². The lowest BCUT2D eigenvalue weighted by Crippen LogP contribution is -2.00. The molecule has 0 spiro atoms. The largest absolute Gasteiger partial charge is 0.285 e. The summed E-state index contributed by atoms with van der Waals surface area (Å²) in [4.78, 5) is 4.78. The first kappa shape index (κ1) is 12.8. The van der Waals surface area contributed by atoms with Gasteiger partial charge in [0.2, 0.25) is 0 Å². The van der Waals surface area contributed by atoms with Gasteiger partial charge < -0.3 is 0 Å².